The van der Waals surface area contributed by atoms with Crippen molar-refractivity contribution in [2.24, 2.45) is 0 Å². The third-order valence-electron chi connectivity index (χ3n) is 5.95. The molecule has 132 valence electrons. The Kier molecular flexibility index (Phi) is 3.61. The monoisotopic (exact) mass is 345 g/mol. The number of nitriles is 1. The van der Waals surface area contributed by atoms with E-state index in [9.17, 15) is 5.26 Å². The summed E-state index contributed by atoms with van der Waals surface area (Å²) in [6.07, 6.45) is 4.43. The van der Waals surface area contributed by atoms with Gasteiger partial charge in [-0.3, -0.25) is 4.40 Å². The summed E-state index contributed by atoms with van der Waals surface area (Å²) in [5.41, 5.74) is 6.34. The maximum Gasteiger partial charge on any atom is 0.157 e. The minimum absolute atomic E-state index is 0.786. The molecule has 1 saturated heterocycles. The van der Waals surface area contributed by atoms with Crippen molar-refractivity contribution in [1.82, 2.24) is 14.3 Å². The fraction of sp³-hybridized carbons (Fsp3) is 0.429. The Morgan fingerprint density at radius 3 is 2.50 bits per heavy atom. The van der Waals surface area contributed by atoms with Gasteiger partial charge in [0, 0.05) is 26.2 Å². The van der Waals surface area contributed by atoms with Crippen LogP contribution >= 0.6 is 0 Å². The number of fused-ring (bicyclic) bond motifs is 4. The van der Waals surface area contributed by atoms with Crippen LogP contribution in [-0.2, 0) is 12.8 Å². The molecule has 1 aromatic carbocycles. The van der Waals surface area contributed by atoms with Gasteiger partial charge in [-0.2, -0.15) is 5.26 Å². The molecular formula is C21H23N5. The molecule has 1 fully saturated rings. The highest BCUT2D eigenvalue weighted by molar-refractivity contribution is 5.86. The van der Waals surface area contributed by atoms with Crippen LogP contribution in [0.25, 0.3) is 16.7 Å². The van der Waals surface area contributed by atoms with Crippen LogP contribution in [0.2, 0.25) is 0 Å². The molecule has 0 spiro atoms. The number of nitrogens with zero attached hydrogens (tertiary/aromatic N) is 5. The topological polar surface area (TPSA) is 47.6 Å². The lowest BCUT2D eigenvalue weighted by Gasteiger charge is -2.37. The minimum atomic E-state index is 0.786. The molecule has 3 aromatic rings. The van der Waals surface area contributed by atoms with Gasteiger partial charge in [0.1, 0.15) is 11.9 Å². The third kappa shape index (κ3) is 2.22. The lowest BCUT2D eigenvalue weighted by atomic mass is 9.88. The van der Waals surface area contributed by atoms with E-state index in [-0.39, 0.29) is 0 Å². The first kappa shape index (κ1) is 15.7. The zero-order chi connectivity index (χ0) is 17.7. The standard InChI is InChI=1S/C21H23N5/c1-24-10-12-25(13-11-24)21-16-7-3-2-6-15(16)17(14-22)20-23-18-8-4-5-9-19(18)26(20)21/h4-5,8-9H,2-3,6-7,10-13H2,1H3. The SMILES string of the molecule is CN1CCN(c2c3c(c(C#N)c4nc5ccccc5n24)CCCC3)CC1. The average Bonchev–Trinajstić information content (AvgIpc) is 3.06. The number of imidazole rings is 1. The number of hydrogen-bond donors (Lipinski definition) is 0. The van der Waals surface area contributed by atoms with Gasteiger partial charge in [0.2, 0.25) is 0 Å². The summed E-state index contributed by atoms with van der Waals surface area (Å²) in [5, 5.41) is 9.93. The highest BCUT2D eigenvalue weighted by Gasteiger charge is 2.28. The summed E-state index contributed by atoms with van der Waals surface area (Å²) in [4.78, 5) is 9.77. The van der Waals surface area contributed by atoms with E-state index >= 15 is 0 Å². The van der Waals surface area contributed by atoms with Crippen LogP contribution in [0.4, 0.5) is 5.82 Å². The van der Waals surface area contributed by atoms with Gasteiger partial charge >= 0.3 is 0 Å². The molecule has 2 aliphatic rings. The number of benzene rings is 1. The smallest absolute Gasteiger partial charge is 0.157 e. The van der Waals surface area contributed by atoms with Gasteiger partial charge < -0.3 is 9.80 Å². The quantitative estimate of drug-likeness (QED) is 0.680. The summed E-state index contributed by atoms with van der Waals surface area (Å²) in [5.74, 6) is 1.29. The minimum Gasteiger partial charge on any atom is -0.355 e. The van der Waals surface area contributed by atoms with Crippen molar-refractivity contribution in [2.75, 3.05) is 38.1 Å². The van der Waals surface area contributed by atoms with Crippen molar-refractivity contribution >= 4 is 22.5 Å². The summed E-state index contributed by atoms with van der Waals surface area (Å²) in [6.45, 7) is 4.19. The number of pyridine rings is 1. The molecule has 1 aliphatic heterocycles. The van der Waals surface area contributed by atoms with Gasteiger partial charge in [-0.25, -0.2) is 4.98 Å². The van der Waals surface area contributed by atoms with Gasteiger partial charge in [-0.1, -0.05) is 12.1 Å². The molecule has 0 N–H and O–H groups in total. The predicted molar refractivity (Wildman–Crippen MR) is 104 cm³/mol. The number of likely N-dealkylation sites (N-methyl/N-ethyl adjacent to an activating group) is 1. The second kappa shape index (κ2) is 6.00. The third-order valence-corrected chi connectivity index (χ3v) is 5.95. The van der Waals surface area contributed by atoms with Gasteiger partial charge in [-0.15, -0.1) is 0 Å². The van der Waals surface area contributed by atoms with Crippen molar-refractivity contribution in [3.05, 3.63) is 41.0 Å². The van der Waals surface area contributed by atoms with E-state index in [1.54, 1.807) is 0 Å². The summed E-state index contributed by atoms with van der Waals surface area (Å²) in [7, 11) is 2.19. The predicted octanol–water partition coefficient (Wildman–Crippen LogP) is 2.99. The molecule has 0 saturated carbocycles. The molecule has 0 unspecified atom stereocenters. The molecule has 2 aromatic heterocycles. The lowest BCUT2D eigenvalue weighted by Crippen LogP contribution is -2.45. The van der Waals surface area contributed by atoms with Crippen LogP contribution in [0.15, 0.2) is 24.3 Å². The van der Waals surface area contributed by atoms with Crippen molar-refractivity contribution in [3.8, 4) is 6.07 Å². The Labute approximate surface area is 153 Å². The first-order valence-corrected chi connectivity index (χ1v) is 9.56. The van der Waals surface area contributed by atoms with Crippen LogP contribution in [-0.4, -0.2) is 47.5 Å². The second-order valence-corrected chi connectivity index (χ2v) is 7.52. The van der Waals surface area contributed by atoms with Crippen molar-refractivity contribution < 1.29 is 0 Å². The number of aromatic nitrogens is 2. The number of piperazine rings is 1. The number of rotatable bonds is 1. The van der Waals surface area contributed by atoms with Gasteiger partial charge in [0.25, 0.3) is 0 Å². The average molecular weight is 345 g/mol. The summed E-state index contributed by atoms with van der Waals surface area (Å²) < 4.78 is 2.27. The Morgan fingerprint density at radius 1 is 1.00 bits per heavy atom. The number of para-hydroxylation sites is 2. The van der Waals surface area contributed by atoms with Crippen molar-refractivity contribution in [3.63, 3.8) is 0 Å². The largest absolute Gasteiger partial charge is 0.355 e. The zero-order valence-corrected chi connectivity index (χ0v) is 15.2. The molecule has 5 heteroatoms. The van der Waals surface area contributed by atoms with Crippen molar-refractivity contribution in [2.45, 2.75) is 25.7 Å². The Bertz CT molecular complexity index is 1030. The Morgan fingerprint density at radius 2 is 1.73 bits per heavy atom. The van der Waals surface area contributed by atoms with Crippen LogP contribution in [0.3, 0.4) is 0 Å². The van der Waals surface area contributed by atoms with E-state index in [0.29, 0.717) is 0 Å². The number of anilines is 1. The highest BCUT2D eigenvalue weighted by atomic mass is 15.3. The summed E-state index contributed by atoms with van der Waals surface area (Å²) >= 11 is 0. The molecule has 1 aliphatic carbocycles. The first-order valence-electron chi connectivity index (χ1n) is 9.56. The lowest BCUT2D eigenvalue weighted by molar-refractivity contribution is 0.311. The molecule has 0 bridgehead atoms. The fourth-order valence-corrected chi connectivity index (χ4v) is 4.57. The van der Waals surface area contributed by atoms with E-state index in [2.05, 4.69) is 45.5 Å². The zero-order valence-electron chi connectivity index (χ0n) is 15.2. The summed E-state index contributed by atoms with van der Waals surface area (Å²) in [6, 6.07) is 10.8. The van der Waals surface area contributed by atoms with E-state index in [4.69, 9.17) is 4.98 Å². The van der Waals surface area contributed by atoms with Crippen LogP contribution < -0.4 is 4.90 Å². The number of hydrogen-bond acceptors (Lipinski definition) is 4. The molecule has 3 heterocycles. The van der Waals surface area contributed by atoms with E-state index in [1.807, 2.05) is 6.07 Å². The van der Waals surface area contributed by atoms with E-state index in [1.165, 1.54) is 29.8 Å². The fourth-order valence-electron chi connectivity index (χ4n) is 4.57. The van der Waals surface area contributed by atoms with Crippen molar-refractivity contribution in [1.29, 1.82) is 5.26 Å². The molecule has 5 nitrogen and oxygen atoms in total. The van der Waals surface area contributed by atoms with Crippen LogP contribution in [0.1, 0.15) is 29.5 Å². The maximum atomic E-state index is 9.93. The van der Waals surface area contributed by atoms with E-state index in [0.717, 1.165) is 61.3 Å². The second-order valence-electron chi connectivity index (χ2n) is 7.52. The molecule has 26 heavy (non-hydrogen) atoms. The Balaban J connectivity index is 1.88. The normalized spacial score (nSPS) is 18.2. The molecule has 0 amide bonds. The van der Waals surface area contributed by atoms with Gasteiger partial charge in [0.05, 0.1) is 16.6 Å². The highest BCUT2D eigenvalue weighted by Crippen LogP contribution is 2.37. The molecule has 5 rings (SSSR count). The van der Waals surface area contributed by atoms with E-state index < -0.39 is 0 Å². The van der Waals surface area contributed by atoms with Crippen LogP contribution in [0.5, 0.6) is 0 Å². The molecule has 0 radical (unpaired) electrons. The maximum absolute atomic E-state index is 9.93. The van der Waals surface area contributed by atoms with Crippen LogP contribution in [0, 0.1) is 11.3 Å². The molecular weight excluding hydrogens is 322 g/mol. The Hall–Kier alpha value is -2.58. The first-order chi connectivity index (χ1) is 12.8. The van der Waals surface area contributed by atoms with Gasteiger partial charge in [0.15, 0.2) is 5.65 Å². The molecule has 0 atom stereocenters. The van der Waals surface area contributed by atoms with Gasteiger partial charge in [-0.05, 0) is 56.0 Å².